The lowest BCUT2D eigenvalue weighted by molar-refractivity contribution is 0.588. The number of sulfonamides is 1. The Labute approximate surface area is 165 Å². The average Bonchev–Trinajstić information content (AvgIpc) is 2.69. The van der Waals surface area contributed by atoms with Crippen molar-refractivity contribution in [2.24, 2.45) is 0 Å². The first-order valence-corrected chi connectivity index (χ1v) is 10.4. The Kier molecular flexibility index (Phi) is 5.91. The lowest BCUT2D eigenvalue weighted by atomic mass is 10.0. The van der Waals surface area contributed by atoms with Crippen molar-refractivity contribution >= 4 is 33.0 Å². The molecule has 0 aliphatic heterocycles. The molecule has 0 aliphatic carbocycles. The summed E-state index contributed by atoms with van der Waals surface area (Å²) in [6.07, 6.45) is 1.45. The molecule has 0 fully saturated rings. The summed E-state index contributed by atoms with van der Waals surface area (Å²) in [6, 6.07) is 16.5. The van der Waals surface area contributed by atoms with E-state index in [-0.39, 0.29) is 4.90 Å². The summed E-state index contributed by atoms with van der Waals surface area (Å²) in [7, 11) is -2.13. The van der Waals surface area contributed by atoms with Gasteiger partial charge in [-0.2, -0.15) is 0 Å². The minimum Gasteiger partial charge on any atom is -0.340 e. The number of nitrogens with one attached hydrogen (secondary N) is 3. The molecule has 8 heteroatoms. The van der Waals surface area contributed by atoms with Gasteiger partial charge in [-0.15, -0.1) is 0 Å². The fourth-order valence-corrected chi connectivity index (χ4v) is 3.38. The molecule has 146 valence electrons. The summed E-state index contributed by atoms with van der Waals surface area (Å²) in [5.74, 6) is 1.66. The maximum absolute atomic E-state index is 12.0. The van der Waals surface area contributed by atoms with Gasteiger partial charge in [-0.1, -0.05) is 32.0 Å². The van der Waals surface area contributed by atoms with Crippen LogP contribution in [0.25, 0.3) is 0 Å². The Hall–Kier alpha value is -2.97. The molecule has 0 radical (unpaired) electrons. The molecule has 2 aromatic carbocycles. The third-order valence-electron chi connectivity index (χ3n) is 4.20. The molecule has 7 nitrogen and oxygen atoms in total. The predicted octanol–water partition coefficient (Wildman–Crippen LogP) is 4.00. The molecule has 0 amide bonds. The molecule has 0 saturated carbocycles. The third kappa shape index (κ3) is 4.85. The lowest BCUT2D eigenvalue weighted by Gasteiger charge is -2.11. The van der Waals surface area contributed by atoms with Gasteiger partial charge in [-0.3, -0.25) is 0 Å². The van der Waals surface area contributed by atoms with E-state index < -0.39 is 10.0 Å². The van der Waals surface area contributed by atoms with Gasteiger partial charge in [0.05, 0.1) is 4.90 Å². The highest BCUT2D eigenvalue weighted by Crippen LogP contribution is 2.22. The standard InChI is InChI=1S/C20H23N5O2S/c1-14(2)15-7-9-16(10-8-15)24-19-12-20(23-13-22-19)25-17-5-4-6-18(11-17)28(26,27)21-3/h4-14,21H,1-3H3,(H2,22,23,24,25). The molecular formula is C20H23N5O2S. The van der Waals surface area contributed by atoms with Crippen LogP contribution < -0.4 is 15.4 Å². The Bertz CT molecular complexity index is 1050. The first-order valence-electron chi connectivity index (χ1n) is 8.87. The van der Waals surface area contributed by atoms with E-state index in [0.717, 1.165) is 5.69 Å². The van der Waals surface area contributed by atoms with Crippen molar-refractivity contribution in [3.8, 4) is 0 Å². The van der Waals surface area contributed by atoms with Crippen molar-refractivity contribution in [2.75, 3.05) is 17.7 Å². The van der Waals surface area contributed by atoms with Gasteiger partial charge in [0.1, 0.15) is 18.0 Å². The van der Waals surface area contributed by atoms with E-state index in [9.17, 15) is 8.42 Å². The zero-order chi connectivity index (χ0) is 20.1. The van der Waals surface area contributed by atoms with Crippen molar-refractivity contribution in [1.82, 2.24) is 14.7 Å². The first kappa shape index (κ1) is 19.8. The maximum atomic E-state index is 12.0. The van der Waals surface area contributed by atoms with E-state index in [4.69, 9.17) is 0 Å². The second-order valence-electron chi connectivity index (χ2n) is 6.55. The molecular weight excluding hydrogens is 374 g/mol. The van der Waals surface area contributed by atoms with Crippen LogP contribution in [0.15, 0.2) is 65.8 Å². The quantitative estimate of drug-likeness (QED) is 0.558. The van der Waals surface area contributed by atoms with Crippen LogP contribution in [0.4, 0.5) is 23.0 Å². The van der Waals surface area contributed by atoms with Gasteiger partial charge in [0.15, 0.2) is 0 Å². The number of hydrogen-bond acceptors (Lipinski definition) is 6. The monoisotopic (exact) mass is 397 g/mol. The Balaban J connectivity index is 1.76. The fraction of sp³-hybridized carbons (Fsp3) is 0.200. The highest BCUT2D eigenvalue weighted by molar-refractivity contribution is 7.89. The number of aromatic nitrogens is 2. The normalized spacial score (nSPS) is 11.4. The molecule has 28 heavy (non-hydrogen) atoms. The van der Waals surface area contributed by atoms with Crippen molar-refractivity contribution in [2.45, 2.75) is 24.7 Å². The van der Waals surface area contributed by atoms with Crippen LogP contribution in [-0.2, 0) is 10.0 Å². The summed E-state index contributed by atoms with van der Waals surface area (Å²) in [6.45, 7) is 4.31. The number of hydrogen-bond donors (Lipinski definition) is 3. The Morgan fingerprint density at radius 2 is 1.50 bits per heavy atom. The topological polar surface area (TPSA) is 96.0 Å². The maximum Gasteiger partial charge on any atom is 0.240 e. The van der Waals surface area contributed by atoms with Gasteiger partial charge in [0.25, 0.3) is 0 Å². The summed E-state index contributed by atoms with van der Waals surface area (Å²) in [4.78, 5) is 8.61. The molecule has 1 aromatic heterocycles. The van der Waals surface area contributed by atoms with Crippen LogP contribution in [0, 0.1) is 0 Å². The highest BCUT2D eigenvalue weighted by Gasteiger charge is 2.11. The predicted molar refractivity (Wildman–Crippen MR) is 112 cm³/mol. The van der Waals surface area contributed by atoms with Crippen LogP contribution >= 0.6 is 0 Å². The molecule has 0 aliphatic rings. The van der Waals surface area contributed by atoms with Crippen LogP contribution in [0.2, 0.25) is 0 Å². The van der Waals surface area contributed by atoms with Crippen molar-refractivity contribution < 1.29 is 8.42 Å². The summed E-state index contributed by atoms with van der Waals surface area (Å²) < 4.78 is 26.2. The summed E-state index contributed by atoms with van der Waals surface area (Å²) >= 11 is 0. The van der Waals surface area contributed by atoms with E-state index in [2.05, 4.69) is 51.3 Å². The Morgan fingerprint density at radius 1 is 0.857 bits per heavy atom. The van der Waals surface area contributed by atoms with Crippen LogP contribution in [0.3, 0.4) is 0 Å². The van der Waals surface area contributed by atoms with Crippen molar-refractivity contribution in [3.63, 3.8) is 0 Å². The fourth-order valence-electron chi connectivity index (χ4n) is 2.60. The van der Waals surface area contributed by atoms with E-state index in [1.165, 1.54) is 25.0 Å². The smallest absolute Gasteiger partial charge is 0.240 e. The van der Waals surface area contributed by atoms with Crippen LogP contribution in [0.1, 0.15) is 25.3 Å². The van der Waals surface area contributed by atoms with Gasteiger partial charge in [-0.05, 0) is 48.9 Å². The molecule has 0 unspecified atom stereocenters. The molecule has 0 atom stereocenters. The number of rotatable bonds is 7. The highest BCUT2D eigenvalue weighted by atomic mass is 32.2. The summed E-state index contributed by atoms with van der Waals surface area (Å²) in [5.41, 5.74) is 2.81. The largest absolute Gasteiger partial charge is 0.340 e. The first-order chi connectivity index (χ1) is 13.4. The molecule has 3 aromatic rings. The van der Waals surface area contributed by atoms with E-state index in [1.54, 1.807) is 24.3 Å². The Morgan fingerprint density at radius 3 is 2.11 bits per heavy atom. The molecule has 0 spiro atoms. The average molecular weight is 398 g/mol. The van der Waals surface area contributed by atoms with E-state index >= 15 is 0 Å². The zero-order valence-corrected chi connectivity index (χ0v) is 16.8. The van der Waals surface area contributed by atoms with Crippen molar-refractivity contribution in [1.29, 1.82) is 0 Å². The second-order valence-corrected chi connectivity index (χ2v) is 8.44. The zero-order valence-electron chi connectivity index (χ0n) is 16.0. The van der Waals surface area contributed by atoms with Gasteiger partial charge in [0, 0.05) is 17.4 Å². The minimum atomic E-state index is -3.51. The van der Waals surface area contributed by atoms with Gasteiger partial charge in [0.2, 0.25) is 10.0 Å². The third-order valence-corrected chi connectivity index (χ3v) is 5.61. The molecule has 1 heterocycles. The SMILES string of the molecule is CNS(=O)(=O)c1cccc(Nc2cc(Nc3ccc(C(C)C)cc3)ncn2)c1. The molecule has 0 saturated heterocycles. The van der Waals surface area contributed by atoms with Crippen LogP contribution in [-0.4, -0.2) is 25.4 Å². The number of anilines is 4. The molecule has 3 rings (SSSR count). The molecule has 0 bridgehead atoms. The number of nitrogens with zero attached hydrogens (tertiary/aromatic N) is 2. The number of benzene rings is 2. The lowest BCUT2D eigenvalue weighted by Crippen LogP contribution is -2.18. The van der Waals surface area contributed by atoms with E-state index in [1.807, 2.05) is 12.1 Å². The van der Waals surface area contributed by atoms with Gasteiger partial charge >= 0.3 is 0 Å². The second kappa shape index (κ2) is 8.37. The van der Waals surface area contributed by atoms with E-state index in [0.29, 0.717) is 23.2 Å². The van der Waals surface area contributed by atoms with Crippen LogP contribution in [0.5, 0.6) is 0 Å². The van der Waals surface area contributed by atoms with Gasteiger partial charge in [-0.25, -0.2) is 23.1 Å². The van der Waals surface area contributed by atoms with Gasteiger partial charge < -0.3 is 10.6 Å². The minimum absolute atomic E-state index is 0.178. The summed E-state index contributed by atoms with van der Waals surface area (Å²) in [5, 5.41) is 6.35. The van der Waals surface area contributed by atoms with Crippen molar-refractivity contribution in [3.05, 3.63) is 66.5 Å². The molecule has 3 N–H and O–H groups in total.